The highest BCUT2D eigenvalue weighted by molar-refractivity contribution is 7.99. The van der Waals surface area contributed by atoms with E-state index in [4.69, 9.17) is 4.52 Å². The number of thioether (sulfide) groups is 1. The molecule has 2 aromatic heterocycles. The van der Waals surface area contributed by atoms with Gasteiger partial charge in [0.1, 0.15) is 0 Å². The van der Waals surface area contributed by atoms with Crippen molar-refractivity contribution < 1.29 is 9.32 Å². The first-order valence-electron chi connectivity index (χ1n) is 7.29. The summed E-state index contributed by atoms with van der Waals surface area (Å²) < 4.78 is 7.35. The molecular weight excluding hydrogens is 312 g/mol. The van der Waals surface area contributed by atoms with Crippen molar-refractivity contribution in [2.75, 3.05) is 5.75 Å². The van der Waals surface area contributed by atoms with Crippen molar-refractivity contribution in [1.82, 2.24) is 20.0 Å². The van der Waals surface area contributed by atoms with Crippen LogP contribution in [-0.2, 0) is 13.1 Å². The zero-order chi connectivity index (χ0) is 15.6. The minimum atomic E-state index is -0.267. The molecule has 3 aromatic rings. The highest BCUT2D eigenvalue weighted by atomic mass is 32.2. The number of carbonyl (C=O) groups is 1. The van der Waals surface area contributed by atoms with Crippen LogP contribution in [-0.4, -0.2) is 26.4 Å². The quantitative estimate of drug-likeness (QED) is 0.798. The van der Waals surface area contributed by atoms with Gasteiger partial charge in [0.2, 0.25) is 0 Å². The summed E-state index contributed by atoms with van der Waals surface area (Å²) in [6.07, 6.45) is 1.98. The summed E-state index contributed by atoms with van der Waals surface area (Å²) in [4.78, 5) is 16.6. The van der Waals surface area contributed by atoms with Gasteiger partial charge >= 0.3 is 0 Å². The smallest absolute Gasteiger partial charge is 0.273 e. The lowest BCUT2D eigenvalue weighted by Gasteiger charge is -1.99. The minimum Gasteiger partial charge on any atom is -0.355 e. The van der Waals surface area contributed by atoms with Gasteiger partial charge in [-0.2, -0.15) is 0 Å². The maximum atomic E-state index is 12.2. The number of hydrogen-bond acceptors (Lipinski definition) is 5. The number of nitrogens with zero attached hydrogens (tertiary/aromatic N) is 3. The summed E-state index contributed by atoms with van der Waals surface area (Å²) in [5.41, 5.74) is 2.01. The Morgan fingerprint density at radius 1 is 1.35 bits per heavy atom. The van der Waals surface area contributed by atoms with Crippen LogP contribution in [0, 0.1) is 0 Å². The number of imidazole rings is 1. The van der Waals surface area contributed by atoms with E-state index in [0.717, 1.165) is 28.7 Å². The van der Waals surface area contributed by atoms with Gasteiger partial charge in [0.15, 0.2) is 16.6 Å². The van der Waals surface area contributed by atoms with Gasteiger partial charge in [-0.15, -0.1) is 0 Å². The van der Waals surface area contributed by atoms with Crippen molar-refractivity contribution in [1.29, 1.82) is 0 Å². The molecule has 0 atom stereocenters. The van der Waals surface area contributed by atoms with Crippen molar-refractivity contribution in [3.8, 4) is 11.3 Å². The van der Waals surface area contributed by atoms with Crippen LogP contribution in [0.25, 0.3) is 11.3 Å². The van der Waals surface area contributed by atoms with Gasteiger partial charge in [0, 0.05) is 30.1 Å². The minimum absolute atomic E-state index is 0.267. The Balaban J connectivity index is 1.42. The monoisotopic (exact) mass is 326 g/mol. The highest BCUT2D eigenvalue weighted by Crippen LogP contribution is 2.24. The SMILES string of the molecule is O=C(NCc1cn2c(n1)SCC2)c1cc(-c2ccccc2)on1. The van der Waals surface area contributed by atoms with Gasteiger partial charge in [-0.3, -0.25) is 4.79 Å². The zero-order valence-corrected chi connectivity index (χ0v) is 13.0. The lowest BCUT2D eigenvalue weighted by atomic mass is 10.1. The molecule has 0 radical (unpaired) electrons. The first-order chi connectivity index (χ1) is 11.3. The molecule has 1 N–H and O–H groups in total. The number of fused-ring (bicyclic) bond motifs is 1. The number of aryl methyl sites for hydroxylation is 1. The van der Waals surface area contributed by atoms with Crippen molar-refractivity contribution in [3.63, 3.8) is 0 Å². The van der Waals surface area contributed by atoms with E-state index in [-0.39, 0.29) is 11.6 Å². The Morgan fingerprint density at radius 3 is 3.04 bits per heavy atom. The average Bonchev–Trinajstić information content (AvgIpc) is 3.29. The van der Waals surface area contributed by atoms with Crippen LogP contribution < -0.4 is 5.32 Å². The van der Waals surface area contributed by atoms with Gasteiger partial charge in [-0.25, -0.2) is 4.98 Å². The summed E-state index contributed by atoms with van der Waals surface area (Å²) in [7, 11) is 0. The van der Waals surface area contributed by atoms with E-state index in [1.54, 1.807) is 17.8 Å². The molecule has 23 heavy (non-hydrogen) atoms. The zero-order valence-electron chi connectivity index (χ0n) is 12.2. The highest BCUT2D eigenvalue weighted by Gasteiger charge is 2.16. The molecule has 6 nitrogen and oxygen atoms in total. The second-order valence-corrected chi connectivity index (χ2v) is 6.24. The molecule has 0 saturated carbocycles. The number of rotatable bonds is 4. The summed E-state index contributed by atoms with van der Waals surface area (Å²) in [5.74, 6) is 1.38. The van der Waals surface area contributed by atoms with Crippen molar-refractivity contribution >= 4 is 17.7 Å². The second kappa shape index (κ2) is 5.92. The molecule has 1 aliphatic heterocycles. The maximum absolute atomic E-state index is 12.2. The van der Waals surface area contributed by atoms with Crippen LogP contribution in [0.5, 0.6) is 0 Å². The predicted molar refractivity (Wildman–Crippen MR) is 86.1 cm³/mol. The molecule has 0 saturated heterocycles. The van der Waals surface area contributed by atoms with Crippen LogP contribution in [0.4, 0.5) is 0 Å². The normalized spacial score (nSPS) is 13.0. The first kappa shape index (κ1) is 14.1. The molecule has 0 unspecified atom stereocenters. The molecule has 0 spiro atoms. The van der Waals surface area contributed by atoms with Crippen molar-refractivity contribution in [3.05, 3.63) is 54.0 Å². The Bertz CT molecular complexity index is 819. The van der Waals surface area contributed by atoms with E-state index in [2.05, 4.69) is 20.0 Å². The molecule has 1 aliphatic rings. The Morgan fingerprint density at radius 2 is 2.22 bits per heavy atom. The fourth-order valence-corrected chi connectivity index (χ4v) is 3.39. The van der Waals surface area contributed by atoms with E-state index in [1.165, 1.54) is 0 Å². The topological polar surface area (TPSA) is 73.0 Å². The fourth-order valence-electron chi connectivity index (χ4n) is 2.43. The molecule has 3 heterocycles. The first-order valence-corrected chi connectivity index (χ1v) is 8.27. The Labute approximate surface area is 136 Å². The molecule has 0 fully saturated rings. The van der Waals surface area contributed by atoms with E-state index in [9.17, 15) is 4.79 Å². The van der Waals surface area contributed by atoms with Gasteiger partial charge in [-0.05, 0) is 0 Å². The summed E-state index contributed by atoms with van der Waals surface area (Å²) in [5, 5.41) is 7.68. The number of carbonyl (C=O) groups excluding carboxylic acids is 1. The average molecular weight is 326 g/mol. The van der Waals surface area contributed by atoms with Crippen LogP contribution >= 0.6 is 11.8 Å². The molecule has 1 amide bonds. The van der Waals surface area contributed by atoms with Gasteiger partial charge in [-0.1, -0.05) is 47.3 Å². The molecule has 116 valence electrons. The number of nitrogens with one attached hydrogen (secondary N) is 1. The summed E-state index contributed by atoms with van der Waals surface area (Å²) in [6, 6.07) is 11.2. The molecular formula is C16H14N4O2S. The number of aromatic nitrogens is 3. The second-order valence-electron chi connectivity index (χ2n) is 5.18. The lowest BCUT2D eigenvalue weighted by Crippen LogP contribution is -2.23. The number of hydrogen-bond donors (Lipinski definition) is 1. The third-order valence-corrected chi connectivity index (χ3v) is 4.56. The van der Waals surface area contributed by atoms with Gasteiger partial charge in [0.25, 0.3) is 5.91 Å². The van der Waals surface area contributed by atoms with Gasteiger partial charge < -0.3 is 14.4 Å². The number of amides is 1. The summed E-state index contributed by atoms with van der Waals surface area (Å²) in [6.45, 7) is 1.36. The van der Waals surface area contributed by atoms with Crippen molar-refractivity contribution in [2.24, 2.45) is 0 Å². The van der Waals surface area contributed by atoms with Gasteiger partial charge in [0.05, 0.1) is 12.2 Å². The third-order valence-electron chi connectivity index (χ3n) is 3.58. The molecule has 4 rings (SSSR count). The van der Waals surface area contributed by atoms with Crippen molar-refractivity contribution in [2.45, 2.75) is 18.2 Å². The van der Waals surface area contributed by atoms with E-state index in [0.29, 0.717) is 12.3 Å². The lowest BCUT2D eigenvalue weighted by molar-refractivity contribution is 0.0941. The standard InChI is InChI=1S/C16H14N4O2S/c21-15(17-9-12-10-20-6-7-23-16(20)18-12)13-8-14(22-19-13)11-4-2-1-3-5-11/h1-5,8,10H,6-7,9H2,(H,17,21). The van der Waals surface area contributed by atoms with Crippen LogP contribution in [0.2, 0.25) is 0 Å². The third kappa shape index (κ3) is 2.87. The predicted octanol–water partition coefficient (Wildman–Crippen LogP) is 2.57. The molecule has 0 aliphatic carbocycles. The fraction of sp³-hybridized carbons (Fsp3) is 0.188. The molecule has 1 aromatic carbocycles. The van der Waals surface area contributed by atoms with Crippen LogP contribution in [0.1, 0.15) is 16.2 Å². The Hall–Kier alpha value is -2.54. The van der Waals surface area contributed by atoms with E-state index in [1.807, 2.05) is 36.5 Å². The maximum Gasteiger partial charge on any atom is 0.273 e. The van der Waals surface area contributed by atoms with E-state index >= 15 is 0 Å². The largest absolute Gasteiger partial charge is 0.355 e. The van der Waals surface area contributed by atoms with Crippen LogP contribution in [0.3, 0.4) is 0 Å². The Kier molecular flexibility index (Phi) is 3.63. The number of benzene rings is 1. The summed E-state index contributed by atoms with van der Waals surface area (Å²) >= 11 is 1.73. The van der Waals surface area contributed by atoms with Crippen LogP contribution in [0.15, 0.2) is 52.3 Å². The van der Waals surface area contributed by atoms with E-state index < -0.39 is 0 Å². The molecule has 7 heteroatoms. The molecule has 0 bridgehead atoms.